The highest BCUT2D eigenvalue weighted by Crippen LogP contribution is 2.67. The summed E-state index contributed by atoms with van der Waals surface area (Å²) < 4.78 is 5.88. The number of aliphatic hydroxyl groups excluding tert-OH is 6. The van der Waals surface area contributed by atoms with Crippen molar-refractivity contribution in [2.24, 2.45) is 46.3 Å². The highest BCUT2D eigenvalue weighted by Gasteiger charge is 2.62. The molecule has 0 bridgehead atoms. The Bertz CT molecular complexity index is 936. The summed E-state index contributed by atoms with van der Waals surface area (Å²) in [5.41, 5.74) is 0.916. The lowest BCUT2D eigenvalue weighted by atomic mass is 9.46. The van der Waals surface area contributed by atoms with Gasteiger partial charge in [-0.25, -0.2) is 4.79 Å². The summed E-state index contributed by atoms with van der Waals surface area (Å²) in [6.07, 6.45) is 3.45. The minimum atomic E-state index is -2.09. The first-order chi connectivity index (χ1) is 19.2. The second-order valence-corrected chi connectivity index (χ2v) is 14.9. The van der Waals surface area contributed by atoms with Gasteiger partial charge in [-0.2, -0.15) is 0 Å². The Morgan fingerprint density at radius 2 is 1.73 bits per heavy atom. The summed E-state index contributed by atoms with van der Waals surface area (Å²) in [7, 11) is 0. The number of hydrogen-bond acceptors (Lipinski definition) is 8. The van der Waals surface area contributed by atoms with E-state index in [2.05, 4.69) is 40.7 Å². The van der Waals surface area contributed by atoms with Crippen LogP contribution in [0.4, 0.5) is 0 Å². The van der Waals surface area contributed by atoms with Gasteiger partial charge in [-0.1, -0.05) is 65.5 Å². The number of carbonyl (C=O) groups excluding carboxylic acids is 1. The van der Waals surface area contributed by atoms with Gasteiger partial charge in [0.25, 0.3) is 0 Å². The number of esters is 1. The quantitative estimate of drug-likeness (QED) is 0.161. The third kappa shape index (κ3) is 6.16. The average molecular weight is 581 g/mol. The van der Waals surface area contributed by atoms with Crippen LogP contribution in [-0.4, -0.2) is 79.8 Å². The molecule has 0 saturated heterocycles. The minimum absolute atomic E-state index is 0.241. The van der Waals surface area contributed by atoms with Crippen molar-refractivity contribution >= 4 is 5.97 Å². The molecule has 41 heavy (non-hydrogen) atoms. The molecule has 236 valence electrons. The molecule has 4 aliphatic carbocycles. The molecule has 3 fully saturated rings. The minimum Gasteiger partial charge on any atom is -0.459 e. The Balaban J connectivity index is 1.52. The van der Waals surface area contributed by atoms with Gasteiger partial charge in [-0.3, -0.25) is 0 Å². The molecule has 4 rings (SSSR count). The van der Waals surface area contributed by atoms with Gasteiger partial charge in [0.05, 0.1) is 12.7 Å². The maximum absolute atomic E-state index is 13.0. The summed E-state index contributed by atoms with van der Waals surface area (Å²) in [6.45, 7) is 10.9. The maximum Gasteiger partial charge on any atom is 0.338 e. The van der Waals surface area contributed by atoms with E-state index in [1.54, 1.807) is 0 Å². The Morgan fingerprint density at radius 1 is 1.02 bits per heavy atom. The van der Waals surface area contributed by atoms with E-state index in [-0.39, 0.29) is 12.3 Å². The predicted octanol–water partition coefficient (Wildman–Crippen LogP) is 3.35. The first-order valence-corrected chi connectivity index (χ1v) is 16.2. The number of carbonyl (C=O) groups is 1. The van der Waals surface area contributed by atoms with E-state index in [9.17, 15) is 30.3 Å². The van der Waals surface area contributed by atoms with Crippen LogP contribution in [-0.2, 0) is 9.53 Å². The lowest BCUT2D eigenvalue weighted by Crippen LogP contribution is -2.57. The lowest BCUT2D eigenvalue weighted by Gasteiger charge is -2.60. The average Bonchev–Trinajstić information content (AvgIpc) is 3.29. The number of aliphatic hydroxyl groups is 6. The lowest BCUT2D eigenvalue weighted by molar-refractivity contribution is -0.190. The van der Waals surface area contributed by atoms with E-state index in [0.717, 1.165) is 36.7 Å². The fourth-order valence-electron chi connectivity index (χ4n) is 9.74. The zero-order valence-electron chi connectivity index (χ0n) is 25.8. The van der Waals surface area contributed by atoms with Gasteiger partial charge < -0.3 is 35.4 Å². The van der Waals surface area contributed by atoms with E-state index in [1.807, 2.05) is 0 Å². The molecule has 8 nitrogen and oxygen atoms in total. The van der Waals surface area contributed by atoms with Crippen LogP contribution >= 0.6 is 0 Å². The van der Waals surface area contributed by atoms with Crippen LogP contribution in [0.15, 0.2) is 11.6 Å². The van der Waals surface area contributed by atoms with Crippen LogP contribution in [0.2, 0.25) is 0 Å². The summed E-state index contributed by atoms with van der Waals surface area (Å²) in [4.78, 5) is 13.0. The van der Waals surface area contributed by atoms with Crippen molar-refractivity contribution in [1.82, 2.24) is 0 Å². The zero-order chi connectivity index (χ0) is 30.3. The summed E-state index contributed by atoms with van der Waals surface area (Å²) in [6, 6.07) is 0. The monoisotopic (exact) mass is 580 g/mol. The van der Waals surface area contributed by atoms with Crippen LogP contribution in [0, 0.1) is 46.3 Å². The Kier molecular flexibility index (Phi) is 10.4. The molecule has 0 aromatic heterocycles. The molecule has 3 saturated carbocycles. The number of allylic oxidation sites excluding steroid dienone is 1. The molecule has 4 aliphatic rings. The van der Waals surface area contributed by atoms with Gasteiger partial charge in [0, 0.05) is 11.8 Å². The molecule has 13 atom stereocenters. The van der Waals surface area contributed by atoms with Crippen LogP contribution in [0.1, 0.15) is 98.8 Å². The van der Waals surface area contributed by atoms with E-state index >= 15 is 0 Å². The van der Waals surface area contributed by atoms with Gasteiger partial charge >= 0.3 is 5.97 Å². The van der Waals surface area contributed by atoms with Crippen LogP contribution in [0.25, 0.3) is 0 Å². The van der Waals surface area contributed by atoms with Crippen molar-refractivity contribution in [3.63, 3.8) is 0 Å². The fourth-order valence-corrected chi connectivity index (χ4v) is 9.74. The van der Waals surface area contributed by atoms with Crippen molar-refractivity contribution in [1.29, 1.82) is 0 Å². The highest BCUT2D eigenvalue weighted by molar-refractivity contribution is 5.75. The van der Waals surface area contributed by atoms with Crippen LogP contribution < -0.4 is 0 Å². The van der Waals surface area contributed by atoms with Gasteiger partial charge in [-0.05, 0) is 79.4 Å². The Morgan fingerprint density at radius 3 is 2.39 bits per heavy atom. The summed E-state index contributed by atoms with van der Waals surface area (Å²) >= 11 is 0. The first kappa shape index (κ1) is 32.9. The van der Waals surface area contributed by atoms with Gasteiger partial charge in [-0.15, -0.1) is 0 Å². The molecule has 8 heteroatoms. The van der Waals surface area contributed by atoms with Crippen LogP contribution in [0.5, 0.6) is 0 Å². The third-order valence-corrected chi connectivity index (χ3v) is 12.1. The molecule has 5 unspecified atom stereocenters. The van der Waals surface area contributed by atoms with Crippen molar-refractivity contribution < 1.29 is 40.2 Å². The molecule has 0 aromatic carbocycles. The summed E-state index contributed by atoms with van der Waals surface area (Å²) in [5, 5.41) is 60.2. The second kappa shape index (κ2) is 12.9. The zero-order valence-corrected chi connectivity index (χ0v) is 25.8. The van der Waals surface area contributed by atoms with E-state index < -0.39 is 54.6 Å². The number of rotatable bonds is 11. The van der Waals surface area contributed by atoms with Crippen molar-refractivity contribution in [3.8, 4) is 0 Å². The fraction of sp³-hybridized carbons (Fsp3) is 0.909. The Labute approximate surface area is 246 Å². The standard InChI is InChI=1S/C33H56O8/c1-18(2)7-6-8-19(3)23-11-12-24-22-10-9-20-15-21(35)16-27(33(20,5)25(22)13-14-32(23,24)4)41-31(40)30(39)29(38)28(37)26(36)17-34/h9,18-19,21-30,34-39H,6-8,10-17H2,1-5H3/t19-,21+,22+,23-,24+,25+,26?,27?,28?,29?,30?,32-,33+/m1/s1. The van der Waals surface area contributed by atoms with Crippen molar-refractivity contribution in [2.75, 3.05) is 6.61 Å². The molecule has 0 heterocycles. The molecular weight excluding hydrogens is 524 g/mol. The van der Waals surface area contributed by atoms with E-state index in [1.165, 1.54) is 32.1 Å². The van der Waals surface area contributed by atoms with Gasteiger partial charge in [0.2, 0.25) is 0 Å². The van der Waals surface area contributed by atoms with Crippen LogP contribution in [0.3, 0.4) is 0 Å². The number of fused-ring (bicyclic) bond motifs is 5. The smallest absolute Gasteiger partial charge is 0.338 e. The second-order valence-electron chi connectivity index (χ2n) is 14.9. The molecule has 0 spiro atoms. The van der Waals surface area contributed by atoms with Gasteiger partial charge in [0.1, 0.15) is 24.4 Å². The van der Waals surface area contributed by atoms with Gasteiger partial charge in [0.15, 0.2) is 6.10 Å². The first-order valence-electron chi connectivity index (χ1n) is 16.2. The predicted molar refractivity (Wildman–Crippen MR) is 155 cm³/mol. The maximum atomic E-state index is 13.0. The number of ether oxygens (including phenoxy) is 1. The molecule has 0 aromatic rings. The molecule has 6 N–H and O–H groups in total. The largest absolute Gasteiger partial charge is 0.459 e. The summed E-state index contributed by atoms with van der Waals surface area (Å²) in [5.74, 6) is 2.41. The van der Waals surface area contributed by atoms with Crippen molar-refractivity contribution in [3.05, 3.63) is 11.6 Å². The van der Waals surface area contributed by atoms with E-state index in [0.29, 0.717) is 29.6 Å². The van der Waals surface area contributed by atoms with E-state index in [4.69, 9.17) is 9.84 Å². The number of hydrogen-bond donors (Lipinski definition) is 6. The molecule has 0 radical (unpaired) electrons. The SMILES string of the molecule is CC(C)CCC[C@@H](C)[C@H]1CC[C@H]2[C@@H]3CC=C4C[C@H](O)CC(OC(=O)C(O)C(O)C(O)C(O)CO)[C@]4(C)[C@H]3CC[C@]12C. The molecule has 0 aliphatic heterocycles. The van der Waals surface area contributed by atoms with Crippen molar-refractivity contribution in [2.45, 2.75) is 135 Å². The topological polar surface area (TPSA) is 148 Å². The Hall–Kier alpha value is -1.03. The molecular formula is C33H56O8. The molecule has 0 amide bonds. The normalized spacial score (nSPS) is 40.4. The third-order valence-electron chi connectivity index (χ3n) is 12.1. The highest BCUT2D eigenvalue weighted by atomic mass is 16.6.